The fourth-order valence-electron chi connectivity index (χ4n) is 3.53. The van der Waals surface area contributed by atoms with Crippen LogP contribution in [-0.4, -0.2) is 22.0 Å². The second kappa shape index (κ2) is 8.64. The minimum absolute atomic E-state index is 0.00350. The zero-order chi connectivity index (χ0) is 20.5. The number of carbonyl (C=O) groups excluding carboxylic acids is 1. The molecule has 0 radical (unpaired) electrons. The van der Waals surface area contributed by atoms with Crippen LogP contribution in [0.3, 0.4) is 0 Å². The third-order valence-electron chi connectivity index (χ3n) is 4.99. The average molecular weight is 471 g/mol. The lowest BCUT2D eigenvalue weighted by molar-refractivity contribution is 0.0216. The average Bonchev–Trinajstić information content (AvgIpc) is 3.03. The summed E-state index contributed by atoms with van der Waals surface area (Å²) in [4.78, 5) is 22.7. The van der Waals surface area contributed by atoms with Crippen LogP contribution in [0.4, 0.5) is 11.5 Å². The van der Waals surface area contributed by atoms with E-state index in [9.17, 15) is 4.79 Å². The van der Waals surface area contributed by atoms with Gasteiger partial charge in [0.05, 0.1) is 21.1 Å². The van der Waals surface area contributed by atoms with Gasteiger partial charge < -0.3 is 10.1 Å². The fraction of sp³-hybridized carbons (Fsp3) is 0.350. The van der Waals surface area contributed by atoms with Gasteiger partial charge in [0.25, 0.3) is 0 Å². The summed E-state index contributed by atoms with van der Waals surface area (Å²) in [6, 6.07) is 3.20. The van der Waals surface area contributed by atoms with E-state index in [4.69, 9.17) is 39.5 Å². The summed E-state index contributed by atoms with van der Waals surface area (Å²) in [5, 5.41) is 5.10. The number of ether oxygens (including phenoxy) is 1. The number of carbonyl (C=O) groups is 1. The molecule has 1 fully saturated rings. The maximum atomic E-state index is 12.8. The van der Waals surface area contributed by atoms with Crippen molar-refractivity contribution >= 4 is 73.8 Å². The van der Waals surface area contributed by atoms with Gasteiger partial charge in [-0.25, -0.2) is 14.8 Å². The van der Waals surface area contributed by atoms with Gasteiger partial charge in [-0.2, -0.15) is 0 Å². The Morgan fingerprint density at radius 1 is 1.14 bits per heavy atom. The van der Waals surface area contributed by atoms with Crippen LogP contribution in [0.25, 0.3) is 10.2 Å². The molecular formula is C20H18Cl3N3O2S. The summed E-state index contributed by atoms with van der Waals surface area (Å²) in [7, 11) is 0. The standard InChI is InChI=1S/C20H18Cl3N3O2S/c1-10-15-18(26-16-13(22)7-11(21)8-14(16)23)24-9-25-19(15)29-17(10)20(27)28-12-5-3-2-4-6-12/h7-9,12H,2-6H2,1H3,(H,24,25,26). The first-order valence-corrected chi connectivity index (χ1v) is 11.3. The van der Waals surface area contributed by atoms with Gasteiger partial charge in [-0.15, -0.1) is 11.3 Å². The first-order chi connectivity index (χ1) is 13.9. The van der Waals surface area contributed by atoms with Crippen molar-refractivity contribution in [3.8, 4) is 0 Å². The summed E-state index contributed by atoms with van der Waals surface area (Å²) in [5.41, 5.74) is 1.27. The predicted molar refractivity (Wildman–Crippen MR) is 119 cm³/mol. The van der Waals surface area contributed by atoms with E-state index in [0.29, 0.717) is 36.3 Å². The number of hydrogen-bond donors (Lipinski definition) is 1. The van der Waals surface area contributed by atoms with Crippen LogP contribution in [0, 0.1) is 6.92 Å². The molecule has 0 atom stereocenters. The highest BCUT2D eigenvalue weighted by Gasteiger charge is 2.24. The van der Waals surface area contributed by atoms with Gasteiger partial charge in [-0.05, 0) is 50.3 Å². The normalized spacial score (nSPS) is 14.9. The molecule has 0 amide bonds. The van der Waals surface area contributed by atoms with Crippen LogP contribution in [0.2, 0.25) is 15.1 Å². The number of fused-ring (bicyclic) bond motifs is 1. The zero-order valence-corrected chi connectivity index (χ0v) is 18.7. The van der Waals surface area contributed by atoms with E-state index in [2.05, 4.69) is 15.3 Å². The van der Waals surface area contributed by atoms with E-state index >= 15 is 0 Å². The summed E-state index contributed by atoms with van der Waals surface area (Å²) in [5.74, 6) is 0.220. The number of nitrogens with zero attached hydrogens (tertiary/aromatic N) is 2. The van der Waals surface area contributed by atoms with Gasteiger partial charge in [-0.1, -0.05) is 41.2 Å². The van der Waals surface area contributed by atoms with Crippen molar-refractivity contribution in [2.45, 2.75) is 45.1 Å². The van der Waals surface area contributed by atoms with Crippen molar-refractivity contribution in [1.82, 2.24) is 9.97 Å². The summed E-state index contributed by atoms with van der Waals surface area (Å²) in [6.07, 6.45) is 6.70. The highest BCUT2D eigenvalue weighted by Crippen LogP contribution is 2.39. The first-order valence-electron chi connectivity index (χ1n) is 9.30. The van der Waals surface area contributed by atoms with Crippen molar-refractivity contribution < 1.29 is 9.53 Å². The third kappa shape index (κ3) is 4.31. The number of anilines is 2. The molecule has 0 bridgehead atoms. The number of nitrogens with one attached hydrogen (secondary N) is 1. The van der Waals surface area contributed by atoms with Gasteiger partial charge in [0, 0.05) is 5.02 Å². The van der Waals surface area contributed by atoms with Crippen LogP contribution < -0.4 is 5.32 Å². The maximum absolute atomic E-state index is 12.8. The molecule has 152 valence electrons. The molecule has 1 aliphatic rings. The van der Waals surface area contributed by atoms with Gasteiger partial charge in [-0.3, -0.25) is 0 Å². The number of rotatable bonds is 4. The Bertz CT molecular complexity index is 1060. The highest BCUT2D eigenvalue weighted by molar-refractivity contribution is 7.20. The van der Waals surface area contributed by atoms with Crippen molar-refractivity contribution in [3.05, 3.63) is 44.0 Å². The number of esters is 1. The van der Waals surface area contributed by atoms with E-state index < -0.39 is 0 Å². The molecule has 0 saturated heterocycles. The van der Waals surface area contributed by atoms with Crippen LogP contribution >= 0.6 is 46.1 Å². The Balaban J connectivity index is 1.67. The second-order valence-corrected chi connectivity index (χ2v) is 9.24. The fourth-order valence-corrected chi connectivity index (χ4v) is 5.47. The molecule has 2 aromatic heterocycles. The Kier molecular flexibility index (Phi) is 6.16. The van der Waals surface area contributed by atoms with Gasteiger partial charge in [0.15, 0.2) is 0 Å². The number of aryl methyl sites for hydroxylation is 1. The maximum Gasteiger partial charge on any atom is 0.348 e. The molecule has 29 heavy (non-hydrogen) atoms. The largest absolute Gasteiger partial charge is 0.458 e. The lowest BCUT2D eigenvalue weighted by atomic mass is 9.98. The van der Waals surface area contributed by atoms with Crippen molar-refractivity contribution in [2.75, 3.05) is 5.32 Å². The van der Waals surface area contributed by atoms with Crippen LogP contribution in [-0.2, 0) is 4.74 Å². The molecule has 4 rings (SSSR count). The Hall–Kier alpha value is -1.60. The smallest absolute Gasteiger partial charge is 0.348 e. The molecule has 0 unspecified atom stereocenters. The zero-order valence-electron chi connectivity index (χ0n) is 15.6. The van der Waals surface area contributed by atoms with E-state index in [1.807, 2.05) is 6.92 Å². The van der Waals surface area contributed by atoms with E-state index in [1.165, 1.54) is 24.1 Å². The minimum Gasteiger partial charge on any atom is -0.458 e. The second-order valence-electron chi connectivity index (χ2n) is 6.99. The quantitative estimate of drug-likeness (QED) is 0.409. The third-order valence-corrected chi connectivity index (χ3v) is 6.98. The molecule has 3 aromatic rings. The number of benzene rings is 1. The van der Waals surface area contributed by atoms with E-state index in [1.54, 1.807) is 12.1 Å². The Labute approximate surface area is 187 Å². The molecule has 0 spiro atoms. The van der Waals surface area contributed by atoms with Crippen LogP contribution in [0.5, 0.6) is 0 Å². The summed E-state index contributed by atoms with van der Waals surface area (Å²) >= 11 is 19.9. The molecule has 1 N–H and O–H groups in total. The molecule has 5 nitrogen and oxygen atoms in total. The van der Waals surface area contributed by atoms with Crippen molar-refractivity contribution in [2.24, 2.45) is 0 Å². The number of aromatic nitrogens is 2. The van der Waals surface area contributed by atoms with E-state index in [-0.39, 0.29) is 12.1 Å². The Morgan fingerprint density at radius 2 is 1.83 bits per heavy atom. The van der Waals surface area contributed by atoms with Crippen molar-refractivity contribution in [1.29, 1.82) is 0 Å². The van der Waals surface area contributed by atoms with E-state index in [0.717, 1.165) is 36.6 Å². The number of hydrogen-bond acceptors (Lipinski definition) is 6. The topological polar surface area (TPSA) is 64.1 Å². The first kappa shape index (κ1) is 20.7. The SMILES string of the molecule is Cc1c(C(=O)OC2CCCCC2)sc2ncnc(Nc3c(Cl)cc(Cl)cc3Cl)c12. The molecule has 9 heteroatoms. The van der Waals surface area contributed by atoms with Gasteiger partial charge in [0.2, 0.25) is 0 Å². The number of thiophene rings is 1. The minimum atomic E-state index is -0.300. The Morgan fingerprint density at radius 3 is 2.52 bits per heavy atom. The molecule has 1 aliphatic carbocycles. The summed E-state index contributed by atoms with van der Waals surface area (Å²) in [6.45, 7) is 1.87. The molecular weight excluding hydrogens is 453 g/mol. The molecule has 0 aliphatic heterocycles. The molecule has 1 aromatic carbocycles. The summed E-state index contributed by atoms with van der Waals surface area (Å²) < 4.78 is 5.74. The molecule has 1 saturated carbocycles. The van der Waals surface area contributed by atoms with Crippen LogP contribution in [0.1, 0.15) is 47.3 Å². The monoisotopic (exact) mass is 469 g/mol. The predicted octanol–water partition coefficient (Wildman–Crippen LogP) is 7.19. The van der Waals surface area contributed by atoms with Crippen LogP contribution in [0.15, 0.2) is 18.5 Å². The lowest BCUT2D eigenvalue weighted by Crippen LogP contribution is -2.20. The highest BCUT2D eigenvalue weighted by atomic mass is 35.5. The van der Waals surface area contributed by atoms with Crippen molar-refractivity contribution in [3.63, 3.8) is 0 Å². The van der Waals surface area contributed by atoms with Gasteiger partial charge >= 0.3 is 5.97 Å². The number of halogens is 3. The molecule has 2 heterocycles. The lowest BCUT2D eigenvalue weighted by Gasteiger charge is -2.21. The van der Waals surface area contributed by atoms with Gasteiger partial charge in [0.1, 0.15) is 28.0 Å².